The number of nitrogens with one attached hydrogen (secondary N) is 1. The van der Waals surface area contributed by atoms with Crippen LogP contribution in [0.3, 0.4) is 0 Å². The van der Waals surface area contributed by atoms with Crippen LogP contribution in [0.2, 0.25) is 0 Å². The summed E-state index contributed by atoms with van der Waals surface area (Å²) in [5.74, 6) is 2.45. The van der Waals surface area contributed by atoms with Crippen molar-refractivity contribution < 1.29 is 13.5 Å². The second kappa shape index (κ2) is 8.44. The van der Waals surface area contributed by atoms with Crippen LogP contribution in [0.15, 0.2) is 0 Å². The van der Waals surface area contributed by atoms with Gasteiger partial charge in [0.2, 0.25) is 0 Å². The maximum Gasteiger partial charge on any atom is 0.261 e. The van der Waals surface area contributed by atoms with Gasteiger partial charge in [-0.25, -0.2) is 8.78 Å². The molecule has 0 aromatic rings. The number of rotatable bonds is 7. The van der Waals surface area contributed by atoms with E-state index in [1.165, 1.54) is 0 Å². The molecule has 0 aliphatic heterocycles. The molecule has 0 atom stereocenters. The monoisotopic (exact) mass is 177 g/mol. The highest BCUT2D eigenvalue weighted by atomic mass is 19.3. The molecule has 0 radical (unpaired) electrons. The van der Waals surface area contributed by atoms with Crippen LogP contribution in [-0.4, -0.2) is 32.7 Å². The Morgan fingerprint density at radius 3 is 2.75 bits per heavy atom. The van der Waals surface area contributed by atoms with E-state index in [0.29, 0.717) is 26.1 Å². The molecule has 0 amide bonds. The van der Waals surface area contributed by atoms with E-state index >= 15 is 0 Å². The molecule has 0 spiro atoms. The molecule has 4 heteroatoms. The summed E-state index contributed by atoms with van der Waals surface area (Å²) < 4.78 is 27.6. The van der Waals surface area contributed by atoms with Gasteiger partial charge in [0.1, 0.15) is 6.61 Å². The van der Waals surface area contributed by atoms with Gasteiger partial charge < -0.3 is 10.1 Å². The van der Waals surface area contributed by atoms with Gasteiger partial charge in [-0.3, -0.25) is 0 Å². The van der Waals surface area contributed by atoms with Crippen LogP contribution in [-0.2, 0) is 4.74 Å². The maximum absolute atomic E-state index is 11.5. The molecular formula is C8H13F2NO. The lowest BCUT2D eigenvalue weighted by Crippen LogP contribution is -2.21. The van der Waals surface area contributed by atoms with Crippen molar-refractivity contribution in [3.63, 3.8) is 0 Å². The molecule has 0 fully saturated rings. The van der Waals surface area contributed by atoms with Gasteiger partial charge in [0.05, 0.1) is 6.61 Å². The predicted molar refractivity (Wildman–Crippen MR) is 43.1 cm³/mol. The molecule has 0 aromatic carbocycles. The van der Waals surface area contributed by atoms with Crippen LogP contribution in [0.5, 0.6) is 0 Å². The Kier molecular flexibility index (Phi) is 7.97. The molecule has 2 nitrogen and oxygen atoms in total. The Bertz CT molecular complexity index is 134. The van der Waals surface area contributed by atoms with Gasteiger partial charge in [0.15, 0.2) is 0 Å². The van der Waals surface area contributed by atoms with Gasteiger partial charge in [-0.05, 0) is 0 Å². The van der Waals surface area contributed by atoms with E-state index < -0.39 is 13.0 Å². The predicted octanol–water partition coefficient (Wildman–Crippen LogP) is 0.881. The SMILES string of the molecule is C#CCCNCCOCC(F)F. The standard InChI is InChI=1S/C8H13F2NO/c1-2-3-4-11-5-6-12-7-8(9)10/h1,8,11H,3-7H2. The Hall–Kier alpha value is -0.660. The first-order valence-electron chi connectivity index (χ1n) is 3.77. The van der Waals surface area contributed by atoms with Crippen molar-refractivity contribution in [2.45, 2.75) is 12.8 Å². The highest BCUT2D eigenvalue weighted by Gasteiger charge is 2.00. The number of hydrogen-bond acceptors (Lipinski definition) is 2. The zero-order valence-corrected chi connectivity index (χ0v) is 6.85. The van der Waals surface area contributed by atoms with Crippen LogP contribution in [0.4, 0.5) is 8.78 Å². The third-order valence-corrected chi connectivity index (χ3v) is 1.11. The largest absolute Gasteiger partial charge is 0.374 e. The van der Waals surface area contributed by atoms with Gasteiger partial charge in [0.25, 0.3) is 6.43 Å². The molecule has 0 unspecified atom stereocenters. The summed E-state index contributed by atoms with van der Waals surface area (Å²) in [6, 6.07) is 0. The Morgan fingerprint density at radius 1 is 1.42 bits per heavy atom. The molecular weight excluding hydrogens is 164 g/mol. The Balaban J connectivity index is 2.87. The average molecular weight is 177 g/mol. The Morgan fingerprint density at radius 2 is 2.17 bits per heavy atom. The maximum atomic E-state index is 11.5. The zero-order valence-electron chi connectivity index (χ0n) is 6.85. The molecule has 0 heterocycles. The number of terminal acetylenes is 1. The zero-order chi connectivity index (χ0) is 9.23. The third kappa shape index (κ3) is 9.34. The lowest BCUT2D eigenvalue weighted by atomic mass is 10.4. The minimum absolute atomic E-state index is 0.301. The normalized spacial score (nSPS) is 10.2. The highest BCUT2D eigenvalue weighted by Crippen LogP contribution is 1.91. The van der Waals surface area contributed by atoms with Gasteiger partial charge >= 0.3 is 0 Å². The van der Waals surface area contributed by atoms with Crippen LogP contribution >= 0.6 is 0 Å². The molecule has 0 aliphatic rings. The number of alkyl halides is 2. The van der Waals surface area contributed by atoms with E-state index in [-0.39, 0.29) is 0 Å². The highest BCUT2D eigenvalue weighted by molar-refractivity contribution is 4.83. The topological polar surface area (TPSA) is 21.3 Å². The lowest BCUT2D eigenvalue weighted by Gasteiger charge is -2.03. The summed E-state index contributed by atoms with van der Waals surface area (Å²) in [5, 5.41) is 2.95. The fourth-order valence-electron chi connectivity index (χ4n) is 0.602. The van der Waals surface area contributed by atoms with E-state index in [9.17, 15) is 8.78 Å². The van der Waals surface area contributed by atoms with Crippen molar-refractivity contribution in [2.75, 3.05) is 26.3 Å². The lowest BCUT2D eigenvalue weighted by molar-refractivity contribution is 0.0188. The Labute approximate surface area is 71.3 Å². The third-order valence-electron chi connectivity index (χ3n) is 1.11. The van der Waals surface area contributed by atoms with E-state index in [1.807, 2.05) is 0 Å². The van der Waals surface area contributed by atoms with E-state index in [2.05, 4.69) is 16.0 Å². The van der Waals surface area contributed by atoms with E-state index in [0.717, 1.165) is 0 Å². The summed E-state index contributed by atoms with van der Waals surface area (Å²) in [6.45, 7) is 1.08. The molecule has 0 saturated carbocycles. The summed E-state index contributed by atoms with van der Waals surface area (Å²) >= 11 is 0. The van der Waals surface area contributed by atoms with Crippen molar-refractivity contribution in [3.8, 4) is 12.3 Å². The molecule has 12 heavy (non-hydrogen) atoms. The minimum atomic E-state index is -2.38. The first-order valence-corrected chi connectivity index (χ1v) is 3.77. The smallest absolute Gasteiger partial charge is 0.261 e. The summed E-state index contributed by atoms with van der Waals surface area (Å²) in [4.78, 5) is 0. The molecule has 0 rings (SSSR count). The molecule has 0 aromatic heterocycles. The van der Waals surface area contributed by atoms with Crippen molar-refractivity contribution >= 4 is 0 Å². The summed E-state index contributed by atoms with van der Waals surface area (Å²) in [5.41, 5.74) is 0. The molecule has 70 valence electrons. The van der Waals surface area contributed by atoms with E-state index in [1.54, 1.807) is 0 Å². The quantitative estimate of drug-likeness (QED) is 0.460. The molecule has 1 N–H and O–H groups in total. The second-order valence-electron chi connectivity index (χ2n) is 2.17. The number of halogens is 2. The van der Waals surface area contributed by atoms with Crippen molar-refractivity contribution in [1.82, 2.24) is 5.32 Å². The van der Waals surface area contributed by atoms with Gasteiger partial charge in [-0.1, -0.05) is 0 Å². The van der Waals surface area contributed by atoms with Crippen LogP contribution in [0.25, 0.3) is 0 Å². The van der Waals surface area contributed by atoms with Crippen molar-refractivity contribution in [3.05, 3.63) is 0 Å². The number of ether oxygens (including phenoxy) is 1. The molecule has 0 saturated heterocycles. The van der Waals surface area contributed by atoms with Gasteiger partial charge in [-0.2, -0.15) is 0 Å². The first-order chi connectivity index (χ1) is 5.77. The van der Waals surface area contributed by atoms with Crippen LogP contribution in [0, 0.1) is 12.3 Å². The minimum Gasteiger partial charge on any atom is -0.374 e. The fraction of sp³-hybridized carbons (Fsp3) is 0.750. The van der Waals surface area contributed by atoms with Gasteiger partial charge in [0, 0.05) is 19.5 Å². The van der Waals surface area contributed by atoms with Crippen molar-refractivity contribution in [1.29, 1.82) is 0 Å². The van der Waals surface area contributed by atoms with Crippen LogP contribution < -0.4 is 5.32 Å². The second-order valence-corrected chi connectivity index (χ2v) is 2.17. The number of hydrogen-bond donors (Lipinski definition) is 1. The fourth-order valence-corrected chi connectivity index (χ4v) is 0.602. The van der Waals surface area contributed by atoms with Gasteiger partial charge in [-0.15, -0.1) is 12.3 Å². The van der Waals surface area contributed by atoms with Crippen molar-refractivity contribution in [2.24, 2.45) is 0 Å². The summed E-state index contributed by atoms with van der Waals surface area (Å²) in [7, 11) is 0. The first kappa shape index (κ1) is 11.3. The molecule has 0 aliphatic carbocycles. The average Bonchev–Trinajstić information content (AvgIpc) is 2.02. The van der Waals surface area contributed by atoms with E-state index in [4.69, 9.17) is 6.42 Å². The molecule has 0 bridgehead atoms. The van der Waals surface area contributed by atoms with Crippen LogP contribution in [0.1, 0.15) is 6.42 Å². The summed E-state index contributed by atoms with van der Waals surface area (Å²) in [6.07, 6.45) is 3.26.